The van der Waals surface area contributed by atoms with Crippen molar-refractivity contribution in [1.29, 1.82) is 0 Å². The number of carbonyl (C=O) groups is 1. The Kier molecular flexibility index (Phi) is 3.61. The first-order valence-electron chi connectivity index (χ1n) is 5.25. The number of aromatic carboxylic acids is 1. The molecular formula is C12H13NO3S. The molecule has 1 atom stereocenters. The third kappa shape index (κ3) is 2.95. The molecule has 5 heteroatoms. The zero-order chi connectivity index (χ0) is 12.3. The Hall–Kier alpha value is -1.59. The Labute approximate surface area is 103 Å². The Morgan fingerprint density at radius 1 is 1.53 bits per heavy atom. The second-order valence-corrected chi connectivity index (χ2v) is 4.86. The van der Waals surface area contributed by atoms with Gasteiger partial charge in [0.2, 0.25) is 0 Å². The summed E-state index contributed by atoms with van der Waals surface area (Å²) in [6.45, 7) is 2.64. The number of thiophene rings is 1. The van der Waals surface area contributed by atoms with Crippen LogP contribution in [-0.4, -0.2) is 11.1 Å². The molecule has 2 rings (SSSR count). The molecule has 0 unspecified atom stereocenters. The van der Waals surface area contributed by atoms with E-state index in [1.165, 1.54) is 11.3 Å². The SMILES string of the molecule is C[C@H](NCc1ccc(C(=O)O)s1)c1ccco1. The van der Waals surface area contributed by atoms with Gasteiger partial charge in [0, 0.05) is 11.4 Å². The van der Waals surface area contributed by atoms with Crippen LogP contribution in [-0.2, 0) is 6.54 Å². The van der Waals surface area contributed by atoms with E-state index in [4.69, 9.17) is 9.52 Å². The van der Waals surface area contributed by atoms with Crippen LogP contribution in [0, 0.1) is 0 Å². The molecule has 0 amide bonds. The van der Waals surface area contributed by atoms with Gasteiger partial charge < -0.3 is 14.8 Å². The third-order valence-electron chi connectivity index (χ3n) is 2.42. The van der Waals surface area contributed by atoms with E-state index in [0.717, 1.165) is 10.6 Å². The van der Waals surface area contributed by atoms with Gasteiger partial charge in [0.15, 0.2) is 0 Å². The number of carboxylic acids is 1. The van der Waals surface area contributed by atoms with Gasteiger partial charge in [-0.1, -0.05) is 0 Å². The number of furan rings is 1. The van der Waals surface area contributed by atoms with E-state index in [1.807, 2.05) is 25.1 Å². The van der Waals surface area contributed by atoms with Gasteiger partial charge >= 0.3 is 5.97 Å². The Bertz CT molecular complexity index is 490. The van der Waals surface area contributed by atoms with E-state index in [2.05, 4.69) is 5.32 Å². The second-order valence-electron chi connectivity index (χ2n) is 3.69. The van der Waals surface area contributed by atoms with Gasteiger partial charge in [0.1, 0.15) is 10.6 Å². The van der Waals surface area contributed by atoms with Gasteiger partial charge in [-0.05, 0) is 31.2 Å². The summed E-state index contributed by atoms with van der Waals surface area (Å²) in [5.74, 6) is 0.000322. The van der Waals surface area contributed by atoms with Crippen LogP contribution in [0.2, 0.25) is 0 Å². The molecule has 0 aliphatic carbocycles. The number of hydrogen-bond acceptors (Lipinski definition) is 4. The first-order chi connectivity index (χ1) is 8.16. The lowest BCUT2D eigenvalue weighted by Gasteiger charge is -2.09. The van der Waals surface area contributed by atoms with Gasteiger partial charge in [-0.3, -0.25) is 0 Å². The maximum absolute atomic E-state index is 10.7. The van der Waals surface area contributed by atoms with Crippen LogP contribution in [0.15, 0.2) is 34.9 Å². The highest BCUT2D eigenvalue weighted by molar-refractivity contribution is 7.13. The molecule has 0 fully saturated rings. The predicted octanol–water partition coefficient (Wildman–Crippen LogP) is 2.89. The van der Waals surface area contributed by atoms with Crippen molar-refractivity contribution in [2.45, 2.75) is 19.5 Å². The molecule has 0 aliphatic rings. The maximum atomic E-state index is 10.7. The fraction of sp³-hybridized carbons (Fsp3) is 0.250. The van der Waals surface area contributed by atoms with Crippen LogP contribution < -0.4 is 5.32 Å². The van der Waals surface area contributed by atoms with E-state index in [9.17, 15) is 4.79 Å². The minimum atomic E-state index is -0.875. The third-order valence-corrected chi connectivity index (χ3v) is 3.50. The lowest BCUT2D eigenvalue weighted by molar-refractivity contribution is 0.0702. The summed E-state index contributed by atoms with van der Waals surface area (Å²) in [4.78, 5) is 12.1. The largest absolute Gasteiger partial charge is 0.477 e. The van der Waals surface area contributed by atoms with Crippen LogP contribution in [0.1, 0.15) is 33.3 Å². The van der Waals surface area contributed by atoms with Crippen molar-refractivity contribution < 1.29 is 14.3 Å². The maximum Gasteiger partial charge on any atom is 0.345 e. The molecule has 17 heavy (non-hydrogen) atoms. The van der Waals surface area contributed by atoms with Gasteiger partial charge in [0.05, 0.1) is 12.3 Å². The molecule has 90 valence electrons. The lowest BCUT2D eigenvalue weighted by atomic mass is 10.2. The molecule has 2 aromatic rings. The summed E-state index contributed by atoms with van der Waals surface area (Å²) in [6, 6.07) is 7.33. The fourth-order valence-corrected chi connectivity index (χ4v) is 2.28. The molecule has 0 saturated heterocycles. The topological polar surface area (TPSA) is 62.5 Å². The highest BCUT2D eigenvalue weighted by Crippen LogP contribution is 2.18. The van der Waals surface area contributed by atoms with Crippen LogP contribution >= 0.6 is 11.3 Å². The van der Waals surface area contributed by atoms with Gasteiger partial charge in [-0.25, -0.2) is 4.79 Å². The Balaban J connectivity index is 1.91. The zero-order valence-electron chi connectivity index (χ0n) is 9.34. The lowest BCUT2D eigenvalue weighted by Crippen LogP contribution is -2.16. The van der Waals surface area contributed by atoms with E-state index in [-0.39, 0.29) is 6.04 Å². The summed E-state index contributed by atoms with van der Waals surface area (Å²) in [7, 11) is 0. The minimum absolute atomic E-state index is 0.111. The minimum Gasteiger partial charge on any atom is -0.477 e. The summed E-state index contributed by atoms with van der Waals surface area (Å²) >= 11 is 1.29. The fourth-order valence-electron chi connectivity index (χ4n) is 1.48. The molecule has 0 radical (unpaired) electrons. The number of carboxylic acid groups (broad SMARTS) is 1. The van der Waals surface area contributed by atoms with Crippen molar-refractivity contribution in [3.63, 3.8) is 0 Å². The Morgan fingerprint density at radius 2 is 2.35 bits per heavy atom. The first-order valence-corrected chi connectivity index (χ1v) is 6.07. The van der Waals surface area contributed by atoms with Crippen molar-refractivity contribution in [3.05, 3.63) is 46.0 Å². The highest BCUT2D eigenvalue weighted by atomic mass is 32.1. The van der Waals surface area contributed by atoms with E-state index in [1.54, 1.807) is 12.3 Å². The van der Waals surface area contributed by atoms with Crippen molar-refractivity contribution >= 4 is 17.3 Å². The molecule has 2 N–H and O–H groups in total. The predicted molar refractivity (Wildman–Crippen MR) is 65.2 cm³/mol. The van der Waals surface area contributed by atoms with Crippen LogP contribution in [0.4, 0.5) is 0 Å². The van der Waals surface area contributed by atoms with E-state index < -0.39 is 5.97 Å². The van der Waals surface area contributed by atoms with Crippen LogP contribution in [0.5, 0.6) is 0 Å². The smallest absolute Gasteiger partial charge is 0.345 e. The average Bonchev–Trinajstić information content (AvgIpc) is 2.97. The zero-order valence-corrected chi connectivity index (χ0v) is 10.2. The number of rotatable bonds is 5. The van der Waals surface area contributed by atoms with Gasteiger partial charge in [0.25, 0.3) is 0 Å². The van der Waals surface area contributed by atoms with Crippen LogP contribution in [0.25, 0.3) is 0 Å². The van der Waals surface area contributed by atoms with E-state index >= 15 is 0 Å². The summed E-state index contributed by atoms with van der Waals surface area (Å²) in [5.41, 5.74) is 0. The molecule has 0 aliphatic heterocycles. The molecule has 2 heterocycles. The quantitative estimate of drug-likeness (QED) is 0.857. The summed E-state index contributed by atoms with van der Waals surface area (Å²) < 4.78 is 5.27. The number of hydrogen-bond donors (Lipinski definition) is 2. The van der Waals surface area contributed by atoms with Crippen LogP contribution in [0.3, 0.4) is 0 Å². The van der Waals surface area contributed by atoms with Crippen molar-refractivity contribution in [2.24, 2.45) is 0 Å². The Morgan fingerprint density at radius 3 is 2.94 bits per heavy atom. The van der Waals surface area contributed by atoms with E-state index in [0.29, 0.717) is 11.4 Å². The summed E-state index contributed by atoms with van der Waals surface area (Å²) in [6.07, 6.45) is 1.64. The van der Waals surface area contributed by atoms with Gasteiger partial charge in [-0.2, -0.15) is 0 Å². The van der Waals surface area contributed by atoms with Crippen molar-refractivity contribution in [3.8, 4) is 0 Å². The molecule has 0 aromatic carbocycles. The molecule has 0 spiro atoms. The number of nitrogens with one attached hydrogen (secondary N) is 1. The second kappa shape index (κ2) is 5.16. The monoisotopic (exact) mass is 251 g/mol. The molecule has 0 saturated carbocycles. The summed E-state index contributed by atoms with van der Waals surface area (Å²) in [5, 5.41) is 12.1. The molecular weight excluding hydrogens is 238 g/mol. The average molecular weight is 251 g/mol. The molecule has 2 aromatic heterocycles. The standard InChI is InChI=1S/C12H13NO3S/c1-8(10-3-2-6-16-10)13-7-9-4-5-11(17-9)12(14)15/h2-6,8,13H,7H2,1H3,(H,14,15)/t8-/m0/s1. The first kappa shape index (κ1) is 11.9. The highest BCUT2D eigenvalue weighted by Gasteiger charge is 2.10. The van der Waals surface area contributed by atoms with Crippen molar-refractivity contribution in [2.75, 3.05) is 0 Å². The normalized spacial score (nSPS) is 12.5. The molecule has 0 bridgehead atoms. The molecule has 4 nitrogen and oxygen atoms in total. The van der Waals surface area contributed by atoms with Crippen molar-refractivity contribution in [1.82, 2.24) is 5.32 Å². The van der Waals surface area contributed by atoms with Gasteiger partial charge in [-0.15, -0.1) is 11.3 Å².